The third-order valence-electron chi connectivity index (χ3n) is 10.4. The summed E-state index contributed by atoms with van der Waals surface area (Å²) in [5.41, 5.74) is 5.38. The maximum absolute atomic E-state index is 13.3. The van der Waals surface area contributed by atoms with Crippen LogP contribution < -0.4 is 16.0 Å². The molecule has 2 saturated heterocycles. The van der Waals surface area contributed by atoms with Crippen LogP contribution in [0.4, 0.5) is 17.5 Å². The molecule has 3 N–H and O–H groups in total. The highest BCUT2D eigenvalue weighted by Crippen LogP contribution is 2.30. The Kier molecular flexibility index (Phi) is 10.2. The highest BCUT2D eigenvalue weighted by Gasteiger charge is 2.44. The highest BCUT2D eigenvalue weighted by molar-refractivity contribution is 6.18. The van der Waals surface area contributed by atoms with Crippen LogP contribution in [0.25, 0.3) is 11.0 Å². The average molecular weight is 707 g/mol. The molecule has 4 amide bonds. The fraction of sp³-hybridized carbons (Fsp3) is 0.447. The summed E-state index contributed by atoms with van der Waals surface area (Å²) in [6.07, 6.45) is 14.6. The lowest BCUT2D eigenvalue weighted by molar-refractivity contribution is -0.150. The Morgan fingerprint density at radius 2 is 1.75 bits per heavy atom. The zero-order valence-corrected chi connectivity index (χ0v) is 30.0. The number of anilines is 3. The number of amides is 4. The Morgan fingerprint density at radius 3 is 2.52 bits per heavy atom. The van der Waals surface area contributed by atoms with Crippen LogP contribution in [0.5, 0.6) is 0 Å². The Bertz CT molecular complexity index is 1970. The van der Waals surface area contributed by atoms with Crippen LogP contribution in [0.3, 0.4) is 0 Å². The highest BCUT2D eigenvalue weighted by atomic mass is 16.2. The molecule has 6 heterocycles. The summed E-state index contributed by atoms with van der Waals surface area (Å²) in [4.78, 5) is 65.0. The number of fused-ring (bicyclic) bond motifs is 1. The fourth-order valence-electron chi connectivity index (χ4n) is 7.59. The van der Waals surface area contributed by atoms with E-state index in [2.05, 4.69) is 70.0 Å². The molecular formula is C38H46N10O4. The Morgan fingerprint density at radius 1 is 0.962 bits per heavy atom. The van der Waals surface area contributed by atoms with E-state index in [0.29, 0.717) is 30.7 Å². The largest absolute Gasteiger partial charge is 0.367 e. The van der Waals surface area contributed by atoms with Gasteiger partial charge in [0.25, 0.3) is 11.8 Å². The number of rotatable bonds is 8. The second kappa shape index (κ2) is 15.1. The number of carbonyl (C=O) groups excluding carboxylic acids is 4. The van der Waals surface area contributed by atoms with Crippen LogP contribution in [-0.2, 0) is 26.2 Å². The molecule has 1 atom stereocenters. The van der Waals surface area contributed by atoms with Gasteiger partial charge in [-0.1, -0.05) is 30.4 Å². The van der Waals surface area contributed by atoms with Gasteiger partial charge in [0.15, 0.2) is 11.5 Å². The zero-order chi connectivity index (χ0) is 36.4. The lowest BCUT2D eigenvalue weighted by Crippen LogP contribution is -2.55. The number of allylic oxidation sites excluding steroid dienone is 2. The summed E-state index contributed by atoms with van der Waals surface area (Å²) in [7, 11) is 1.89. The van der Waals surface area contributed by atoms with E-state index in [0.717, 1.165) is 96.0 Å². The number of nitrogens with zero attached hydrogens (tertiary/aromatic N) is 7. The van der Waals surface area contributed by atoms with Crippen molar-refractivity contribution in [2.24, 2.45) is 13.0 Å². The number of aryl methyl sites for hydroxylation is 3. The minimum absolute atomic E-state index is 0.111. The van der Waals surface area contributed by atoms with Gasteiger partial charge in [0, 0.05) is 63.3 Å². The van der Waals surface area contributed by atoms with Crippen molar-refractivity contribution in [2.45, 2.75) is 64.8 Å². The number of hydrogen-bond acceptors (Lipinski definition) is 11. The number of benzene rings is 1. The molecule has 2 fully saturated rings. The first kappa shape index (κ1) is 35.1. The van der Waals surface area contributed by atoms with Gasteiger partial charge in [-0.3, -0.25) is 29.4 Å². The standard InChI is InChI=1S/C38H46N10O4/c1-24-9-7-10-25(2)33(24)42-34-28-22-39-38(43-35(28)45(3)44-34)40-27-11-5-4-6-17-46(18-8-12-27)23-26-15-19-47(20-16-26)30-21-32(50)48(37(30)52)29-13-14-31(49)41-36(29)51/h5,7,9-12,21-22,26,29H,4,6,8,13-20,23H2,1-3H3,(H,42,44)(H,39,40,43)(H,41,49,51)/b11-5-,27-12+. The van der Waals surface area contributed by atoms with Gasteiger partial charge in [-0.2, -0.15) is 10.1 Å². The lowest BCUT2D eigenvalue weighted by Gasteiger charge is -2.36. The molecule has 272 valence electrons. The molecule has 2 aromatic heterocycles. The second-order valence-corrected chi connectivity index (χ2v) is 14.2. The first-order valence-corrected chi connectivity index (χ1v) is 18.2. The van der Waals surface area contributed by atoms with E-state index in [1.54, 1.807) is 4.68 Å². The third-order valence-corrected chi connectivity index (χ3v) is 10.4. The molecule has 4 aliphatic heterocycles. The topological polar surface area (TPSA) is 158 Å². The Hall–Kier alpha value is -5.37. The van der Waals surface area contributed by atoms with Crippen molar-refractivity contribution in [1.82, 2.24) is 39.8 Å². The summed E-state index contributed by atoms with van der Waals surface area (Å²) in [5.74, 6) is -0.183. The van der Waals surface area contributed by atoms with Gasteiger partial charge >= 0.3 is 0 Å². The predicted octanol–water partition coefficient (Wildman–Crippen LogP) is 3.83. The van der Waals surface area contributed by atoms with E-state index < -0.39 is 23.8 Å². The molecule has 0 bridgehead atoms. The van der Waals surface area contributed by atoms with Gasteiger partial charge in [0.2, 0.25) is 17.8 Å². The van der Waals surface area contributed by atoms with Gasteiger partial charge in [0.05, 0.1) is 5.39 Å². The molecule has 0 saturated carbocycles. The lowest BCUT2D eigenvalue weighted by atomic mass is 9.95. The second-order valence-electron chi connectivity index (χ2n) is 14.2. The molecular weight excluding hydrogens is 660 g/mol. The van der Waals surface area contributed by atoms with Crippen LogP contribution >= 0.6 is 0 Å². The maximum Gasteiger partial charge on any atom is 0.277 e. The number of piperidine rings is 2. The molecule has 7 rings (SSSR count). The molecule has 0 aliphatic carbocycles. The summed E-state index contributed by atoms with van der Waals surface area (Å²) in [6, 6.07) is 5.26. The van der Waals surface area contributed by atoms with Crippen LogP contribution in [-0.4, -0.2) is 96.8 Å². The van der Waals surface area contributed by atoms with E-state index in [-0.39, 0.29) is 18.7 Å². The van der Waals surface area contributed by atoms with Crippen molar-refractivity contribution in [3.05, 3.63) is 71.2 Å². The number of aromatic nitrogens is 4. The molecule has 4 aliphatic rings. The van der Waals surface area contributed by atoms with E-state index in [1.807, 2.05) is 24.2 Å². The Labute approximate surface area is 303 Å². The van der Waals surface area contributed by atoms with Crippen molar-refractivity contribution < 1.29 is 19.2 Å². The van der Waals surface area contributed by atoms with Crippen LogP contribution in [0.15, 0.2) is 60.1 Å². The van der Waals surface area contributed by atoms with E-state index in [4.69, 9.17) is 10.1 Å². The molecule has 1 aromatic carbocycles. The van der Waals surface area contributed by atoms with E-state index in [1.165, 1.54) is 6.08 Å². The maximum atomic E-state index is 13.3. The number of imide groups is 2. The number of likely N-dealkylation sites (tertiary alicyclic amines) is 1. The molecule has 0 radical (unpaired) electrons. The van der Waals surface area contributed by atoms with E-state index in [9.17, 15) is 19.2 Å². The number of hydrogen-bond donors (Lipinski definition) is 3. The molecule has 1 unspecified atom stereocenters. The quantitative estimate of drug-likeness (QED) is 0.293. The number of nitrogens with one attached hydrogen (secondary N) is 3. The Balaban J connectivity index is 0.929. The third kappa shape index (κ3) is 7.47. The monoisotopic (exact) mass is 706 g/mol. The number of carbonyl (C=O) groups is 4. The van der Waals surface area contributed by atoms with Gasteiger partial charge < -0.3 is 20.4 Å². The normalized spacial score (nSPS) is 22.6. The average Bonchev–Trinajstić information content (AvgIpc) is 3.59. The summed E-state index contributed by atoms with van der Waals surface area (Å²) in [5, 5.41) is 14.7. The zero-order valence-electron chi connectivity index (χ0n) is 30.0. The SMILES string of the molecule is Cc1cccc(C)c1Nc1nn(C)c2nc(NC3=C/CCN(CC4CCN(C5=CC(=O)N(C6CCC(=O)NC6=O)C5=O)CC4)CCC/C=C\3)ncc12. The van der Waals surface area contributed by atoms with Gasteiger partial charge in [0.1, 0.15) is 11.7 Å². The molecule has 14 nitrogen and oxygen atoms in total. The predicted molar refractivity (Wildman–Crippen MR) is 197 cm³/mol. The van der Waals surface area contributed by atoms with Crippen molar-refractivity contribution in [1.29, 1.82) is 0 Å². The smallest absolute Gasteiger partial charge is 0.277 e. The van der Waals surface area contributed by atoms with Crippen molar-refractivity contribution in [2.75, 3.05) is 43.4 Å². The van der Waals surface area contributed by atoms with Crippen molar-refractivity contribution in [3.63, 3.8) is 0 Å². The minimum Gasteiger partial charge on any atom is -0.367 e. The molecule has 3 aromatic rings. The van der Waals surface area contributed by atoms with Crippen molar-refractivity contribution in [3.8, 4) is 0 Å². The minimum atomic E-state index is -0.939. The molecule has 52 heavy (non-hydrogen) atoms. The summed E-state index contributed by atoms with van der Waals surface area (Å²) in [6.45, 7) is 8.41. The van der Waals surface area contributed by atoms with Gasteiger partial charge in [-0.15, -0.1) is 0 Å². The van der Waals surface area contributed by atoms with Gasteiger partial charge in [-0.05, 0) is 82.0 Å². The first-order chi connectivity index (χ1) is 25.1. The van der Waals surface area contributed by atoms with Gasteiger partial charge in [-0.25, -0.2) is 9.67 Å². The summed E-state index contributed by atoms with van der Waals surface area (Å²) >= 11 is 0. The number of para-hydroxylation sites is 1. The first-order valence-electron chi connectivity index (χ1n) is 18.2. The van der Waals surface area contributed by atoms with Crippen LogP contribution in [0, 0.1) is 19.8 Å². The van der Waals surface area contributed by atoms with Crippen LogP contribution in [0.1, 0.15) is 56.1 Å². The summed E-state index contributed by atoms with van der Waals surface area (Å²) < 4.78 is 1.77. The van der Waals surface area contributed by atoms with Crippen LogP contribution in [0.2, 0.25) is 0 Å². The molecule has 0 spiro atoms. The fourth-order valence-corrected chi connectivity index (χ4v) is 7.59. The van der Waals surface area contributed by atoms with Crippen molar-refractivity contribution >= 4 is 52.1 Å². The van der Waals surface area contributed by atoms with E-state index >= 15 is 0 Å². The molecule has 14 heteroatoms.